The van der Waals surface area contributed by atoms with E-state index in [1.165, 1.54) is 24.3 Å². The van der Waals surface area contributed by atoms with Crippen LogP contribution in [0.4, 0.5) is 0 Å². The normalized spacial score (nSPS) is 11.5. The third kappa shape index (κ3) is 2.74. The Morgan fingerprint density at radius 2 is 1.62 bits per heavy atom. The Labute approximate surface area is 139 Å². The third-order valence-corrected chi connectivity index (χ3v) is 3.82. The first-order valence-corrected chi connectivity index (χ1v) is 7.67. The number of hydrogen-bond donors (Lipinski definition) is 1. The SMILES string of the molecule is CN(C)CCCOc1cccc2c1[n+]([O-])c1cccc(O)c1[n+]2[O-]. The second-order valence-corrected chi connectivity index (χ2v) is 5.86. The molecule has 0 radical (unpaired) electrons. The first-order valence-electron chi connectivity index (χ1n) is 7.67. The van der Waals surface area contributed by atoms with E-state index in [9.17, 15) is 15.5 Å². The van der Waals surface area contributed by atoms with Gasteiger partial charge in [-0.15, -0.1) is 0 Å². The highest BCUT2D eigenvalue weighted by atomic mass is 16.5. The fraction of sp³-hybridized carbons (Fsp3) is 0.294. The van der Waals surface area contributed by atoms with E-state index in [1.807, 2.05) is 19.0 Å². The minimum Gasteiger partial charge on any atom is -0.617 e. The quantitative estimate of drug-likeness (QED) is 0.330. The molecule has 1 aromatic heterocycles. The third-order valence-electron chi connectivity index (χ3n) is 3.82. The molecule has 0 fully saturated rings. The van der Waals surface area contributed by atoms with Gasteiger partial charge in [0.15, 0.2) is 11.5 Å². The highest BCUT2D eigenvalue weighted by Crippen LogP contribution is 2.25. The van der Waals surface area contributed by atoms with Crippen molar-refractivity contribution in [2.24, 2.45) is 0 Å². The van der Waals surface area contributed by atoms with Gasteiger partial charge in [0.25, 0.3) is 11.0 Å². The molecular formula is C17H19N3O4. The van der Waals surface area contributed by atoms with E-state index < -0.39 is 0 Å². The molecule has 0 amide bonds. The Bertz CT molecular complexity index is 896. The Morgan fingerprint density at radius 3 is 2.33 bits per heavy atom. The van der Waals surface area contributed by atoms with Gasteiger partial charge in [-0.3, -0.25) is 0 Å². The number of nitrogens with zero attached hydrogens (tertiary/aromatic N) is 3. The molecule has 1 heterocycles. The van der Waals surface area contributed by atoms with Gasteiger partial charge in [0.1, 0.15) is 0 Å². The summed E-state index contributed by atoms with van der Waals surface area (Å²) in [6, 6.07) is 9.27. The summed E-state index contributed by atoms with van der Waals surface area (Å²) in [5, 5.41) is 35.2. The largest absolute Gasteiger partial charge is 0.617 e. The summed E-state index contributed by atoms with van der Waals surface area (Å²) in [5.41, 5.74) is 0.367. The number of hydrogen-bond acceptors (Lipinski definition) is 5. The molecule has 0 atom stereocenters. The number of phenols is 1. The number of aromatic hydroxyl groups is 1. The van der Waals surface area contributed by atoms with Crippen molar-refractivity contribution >= 4 is 22.1 Å². The molecular weight excluding hydrogens is 310 g/mol. The van der Waals surface area contributed by atoms with Gasteiger partial charge in [-0.1, -0.05) is 12.1 Å². The predicted octanol–water partition coefficient (Wildman–Crippen LogP) is 1.30. The Morgan fingerprint density at radius 1 is 1.00 bits per heavy atom. The molecule has 0 aliphatic carbocycles. The number of benzene rings is 2. The molecule has 24 heavy (non-hydrogen) atoms. The zero-order valence-corrected chi connectivity index (χ0v) is 13.6. The molecule has 0 unspecified atom stereocenters. The summed E-state index contributed by atoms with van der Waals surface area (Å²) in [6.45, 7) is 1.30. The average molecular weight is 329 g/mol. The maximum atomic E-state index is 12.7. The van der Waals surface area contributed by atoms with E-state index in [0.717, 1.165) is 13.0 Å². The molecule has 1 N–H and O–H groups in total. The Balaban J connectivity index is 2.11. The van der Waals surface area contributed by atoms with Gasteiger partial charge in [-0.05, 0) is 32.6 Å². The van der Waals surface area contributed by atoms with Crippen LogP contribution >= 0.6 is 0 Å². The highest BCUT2D eigenvalue weighted by Gasteiger charge is 2.26. The average Bonchev–Trinajstić information content (AvgIpc) is 2.56. The van der Waals surface area contributed by atoms with Crippen LogP contribution in [-0.4, -0.2) is 37.3 Å². The number of aromatic nitrogens is 2. The first-order chi connectivity index (χ1) is 11.5. The van der Waals surface area contributed by atoms with Crippen molar-refractivity contribution in [1.82, 2.24) is 4.90 Å². The molecule has 2 aromatic carbocycles. The summed E-state index contributed by atoms with van der Waals surface area (Å²) in [4.78, 5) is 2.04. The van der Waals surface area contributed by atoms with Gasteiger partial charge in [0, 0.05) is 18.7 Å². The van der Waals surface area contributed by atoms with Crippen molar-refractivity contribution in [2.75, 3.05) is 27.2 Å². The molecule has 0 saturated carbocycles. The van der Waals surface area contributed by atoms with Crippen LogP contribution in [0.1, 0.15) is 6.42 Å². The van der Waals surface area contributed by atoms with E-state index in [-0.39, 0.29) is 27.8 Å². The monoisotopic (exact) mass is 329 g/mol. The van der Waals surface area contributed by atoms with Crippen LogP contribution < -0.4 is 14.2 Å². The van der Waals surface area contributed by atoms with Crippen molar-refractivity contribution in [2.45, 2.75) is 6.42 Å². The lowest BCUT2D eigenvalue weighted by Gasteiger charge is -2.12. The number of para-hydroxylation sites is 2. The van der Waals surface area contributed by atoms with Crippen molar-refractivity contribution in [1.29, 1.82) is 0 Å². The summed E-state index contributed by atoms with van der Waals surface area (Å²) < 4.78 is 6.93. The van der Waals surface area contributed by atoms with Gasteiger partial charge in [0.2, 0.25) is 0 Å². The molecule has 0 aliphatic rings. The second kappa shape index (κ2) is 6.37. The molecule has 3 rings (SSSR count). The Hall–Kier alpha value is -2.80. The van der Waals surface area contributed by atoms with Crippen LogP contribution in [0.25, 0.3) is 22.1 Å². The van der Waals surface area contributed by atoms with Crippen LogP contribution in [0.3, 0.4) is 0 Å². The summed E-state index contributed by atoms with van der Waals surface area (Å²) in [5.74, 6) is 0.127. The van der Waals surface area contributed by atoms with Crippen LogP contribution in [0.2, 0.25) is 0 Å². The maximum absolute atomic E-state index is 12.7. The summed E-state index contributed by atoms with van der Waals surface area (Å²) >= 11 is 0. The number of phenolic OH excluding ortho intramolecular Hbond substituents is 1. The van der Waals surface area contributed by atoms with Gasteiger partial charge in [-0.25, -0.2) is 0 Å². The fourth-order valence-corrected chi connectivity index (χ4v) is 2.69. The van der Waals surface area contributed by atoms with Gasteiger partial charge < -0.3 is 25.2 Å². The van der Waals surface area contributed by atoms with Crippen molar-refractivity contribution < 1.29 is 19.3 Å². The molecule has 0 saturated heterocycles. The van der Waals surface area contributed by atoms with Crippen LogP contribution in [0.5, 0.6) is 11.5 Å². The van der Waals surface area contributed by atoms with Gasteiger partial charge in [-0.2, -0.15) is 9.46 Å². The smallest absolute Gasteiger partial charge is 0.332 e. The molecule has 0 bridgehead atoms. The molecule has 126 valence electrons. The summed E-state index contributed by atoms with van der Waals surface area (Å²) in [6.07, 6.45) is 0.800. The Kier molecular flexibility index (Phi) is 4.26. The van der Waals surface area contributed by atoms with Crippen LogP contribution in [0, 0.1) is 10.4 Å². The summed E-state index contributed by atoms with van der Waals surface area (Å²) in [7, 11) is 3.95. The molecule has 7 nitrogen and oxygen atoms in total. The fourth-order valence-electron chi connectivity index (χ4n) is 2.69. The number of rotatable bonds is 5. The van der Waals surface area contributed by atoms with Crippen molar-refractivity contribution in [3.8, 4) is 11.5 Å². The molecule has 7 heteroatoms. The van der Waals surface area contributed by atoms with Crippen LogP contribution in [-0.2, 0) is 0 Å². The maximum Gasteiger partial charge on any atom is 0.332 e. The van der Waals surface area contributed by atoms with Crippen LogP contribution in [0.15, 0.2) is 36.4 Å². The van der Waals surface area contributed by atoms with Crippen molar-refractivity contribution in [3.63, 3.8) is 0 Å². The van der Waals surface area contributed by atoms with Gasteiger partial charge in [0.05, 0.1) is 6.61 Å². The number of ether oxygens (including phenoxy) is 1. The highest BCUT2D eigenvalue weighted by molar-refractivity contribution is 5.83. The minimum absolute atomic E-state index is 0.0512. The van der Waals surface area contributed by atoms with Crippen molar-refractivity contribution in [3.05, 3.63) is 46.8 Å². The number of fused-ring (bicyclic) bond motifs is 2. The first kappa shape index (κ1) is 16.1. The molecule has 0 aliphatic heterocycles. The lowest BCUT2D eigenvalue weighted by Crippen LogP contribution is -2.39. The van der Waals surface area contributed by atoms with Gasteiger partial charge >= 0.3 is 11.0 Å². The lowest BCUT2D eigenvalue weighted by atomic mass is 10.2. The zero-order chi connectivity index (χ0) is 17.3. The van der Waals surface area contributed by atoms with E-state index in [1.54, 1.807) is 12.1 Å². The predicted molar refractivity (Wildman–Crippen MR) is 89.7 cm³/mol. The van der Waals surface area contributed by atoms with E-state index in [0.29, 0.717) is 21.8 Å². The topological polar surface area (TPSA) is 86.6 Å². The standard InChI is InChI=1S/C17H19N3O4/c1-18(2)10-5-11-24-15-9-4-7-13-17(15)20(23)12-6-3-8-14(21)16(12)19(13)22/h3-4,6-9,21H,5,10-11H2,1-2H3. The molecule has 3 aromatic rings. The zero-order valence-electron chi connectivity index (χ0n) is 13.6. The van der Waals surface area contributed by atoms with E-state index in [2.05, 4.69) is 0 Å². The van der Waals surface area contributed by atoms with E-state index >= 15 is 0 Å². The molecule has 0 spiro atoms. The second-order valence-electron chi connectivity index (χ2n) is 5.86. The minimum atomic E-state index is -0.230. The lowest BCUT2D eigenvalue weighted by molar-refractivity contribution is -0.591. The van der Waals surface area contributed by atoms with E-state index in [4.69, 9.17) is 4.74 Å².